The topological polar surface area (TPSA) is 237 Å². The highest BCUT2D eigenvalue weighted by atomic mass is 31.2. The first-order valence-electron chi connectivity index (χ1n) is 37.8. The van der Waals surface area contributed by atoms with E-state index in [1.54, 1.807) is 0 Å². The summed E-state index contributed by atoms with van der Waals surface area (Å²) in [5.41, 5.74) is 0. The van der Waals surface area contributed by atoms with Crippen molar-refractivity contribution in [3.8, 4) is 0 Å². The Morgan fingerprint density at radius 1 is 0.264 bits per heavy atom. The molecule has 0 aromatic rings. The van der Waals surface area contributed by atoms with Gasteiger partial charge in [-0.15, -0.1) is 0 Å². The van der Waals surface area contributed by atoms with Crippen LogP contribution in [0.1, 0.15) is 381 Å². The summed E-state index contributed by atoms with van der Waals surface area (Å²) in [4.78, 5) is 72.3. The van der Waals surface area contributed by atoms with Crippen LogP contribution in [0.4, 0.5) is 0 Å². The molecule has 0 aromatic carbocycles. The lowest BCUT2D eigenvalue weighted by Gasteiger charge is -2.21. The molecule has 5 atom stereocenters. The number of ether oxygens (including phenoxy) is 4. The van der Waals surface area contributed by atoms with E-state index >= 15 is 0 Å². The van der Waals surface area contributed by atoms with Gasteiger partial charge in [0.2, 0.25) is 0 Å². The smallest absolute Gasteiger partial charge is 0.462 e. The Balaban J connectivity index is 5.12. The molecule has 0 saturated carbocycles. The van der Waals surface area contributed by atoms with E-state index in [9.17, 15) is 43.2 Å². The summed E-state index contributed by atoms with van der Waals surface area (Å²) in [6, 6.07) is 0. The molecule has 17 nitrogen and oxygen atoms in total. The molecule has 0 heterocycles. The summed E-state index contributed by atoms with van der Waals surface area (Å²) >= 11 is 0. The van der Waals surface area contributed by atoms with Crippen LogP contribution in [-0.2, 0) is 65.4 Å². The van der Waals surface area contributed by atoms with E-state index in [0.29, 0.717) is 25.7 Å². The van der Waals surface area contributed by atoms with Gasteiger partial charge in [-0.1, -0.05) is 329 Å². The van der Waals surface area contributed by atoms with Gasteiger partial charge >= 0.3 is 39.5 Å². The van der Waals surface area contributed by atoms with Crippen LogP contribution in [0.2, 0.25) is 0 Å². The summed E-state index contributed by atoms with van der Waals surface area (Å²) in [5, 5.41) is 10.6. The molecule has 0 spiro atoms. The number of phosphoric acid groups is 2. The van der Waals surface area contributed by atoms with Gasteiger partial charge in [0, 0.05) is 25.7 Å². The van der Waals surface area contributed by atoms with Crippen molar-refractivity contribution in [1.29, 1.82) is 0 Å². The lowest BCUT2D eigenvalue weighted by atomic mass is 10.0. The highest BCUT2D eigenvalue weighted by Gasteiger charge is 2.30. The van der Waals surface area contributed by atoms with E-state index in [1.807, 2.05) is 0 Å². The molecule has 0 saturated heterocycles. The van der Waals surface area contributed by atoms with Gasteiger partial charge in [0.25, 0.3) is 0 Å². The van der Waals surface area contributed by atoms with Crippen LogP contribution >= 0.6 is 15.6 Å². The maximum Gasteiger partial charge on any atom is 0.472 e. The molecule has 0 amide bonds. The van der Waals surface area contributed by atoms with E-state index < -0.39 is 97.5 Å². The Hall–Kier alpha value is -1.94. The van der Waals surface area contributed by atoms with Crippen molar-refractivity contribution < 1.29 is 80.2 Å². The lowest BCUT2D eigenvalue weighted by Crippen LogP contribution is -2.30. The van der Waals surface area contributed by atoms with E-state index in [2.05, 4.69) is 27.7 Å². The van der Waals surface area contributed by atoms with Crippen LogP contribution in [0.5, 0.6) is 0 Å². The number of unbranched alkanes of at least 4 members (excludes halogenated alkanes) is 47. The van der Waals surface area contributed by atoms with E-state index in [0.717, 1.165) is 96.3 Å². The molecule has 0 aromatic heterocycles. The van der Waals surface area contributed by atoms with Gasteiger partial charge < -0.3 is 33.8 Å². The van der Waals surface area contributed by atoms with Crippen molar-refractivity contribution in [2.75, 3.05) is 39.6 Å². The summed E-state index contributed by atoms with van der Waals surface area (Å²) in [6.45, 7) is 4.86. The van der Waals surface area contributed by atoms with Crippen molar-refractivity contribution in [3.63, 3.8) is 0 Å². The minimum atomic E-state index is -4.95. The molecule has 0 aliphatic carbocycles. The zero-order valence-corrected chi connectivity index (χ0v) is 60.6. The quantitative estimate of drug-likeness (QED) is 0.0222. The van der Waals surface area contributed by atoms with Gasteiger partial charge in [0.1, 0.15) is 19.3 Å². The number of aliphatic hydroxyl groups excluding tert-OH is 1. The standard InChI is InChI=1S/C72H140O17P2/c1-5-9-13-17-20-23-26-28-30-32-33-34-35-37-39-41-44-47-51-55-59-72(77)89-68(63-83-70(75)57-53-49-45-43-40-38-36-31-29-27-24-21-18-14-10-6-2)65-87-91(80,81)85-61-66(73)60-84-90(78,79)86-64-67(62-82-69(74)56-52-48-16-12-8-4)88-71(76)58-54-50-46-42-25-22-19-15-11-7-3/h66-68,73H,5-65H2,1-4H3,(H,78,79)(H,80,81)/t66-,67+,68+/m0/s1. The van der Waals surface area contributed by atoms with Gasteiger partial charge in [0.15, 0.2) is 12.2 Å². The summed E-state index contributed by atoms with van der Waals surface area (Å²) in [5.74, 6) is -2.13. The fourth-order valence-corrected chi connectivity index (χ4v) is 12.6. The maximum absolute atomic E-state index is 13.1. The summed E-state index contributed by atoms with van der Waals surface area (Å²) in [6.07, 6.45) is 56.0. The van der Waals surface area contributed by atoms with Gasteiger partial charge in [-0.3, -0.25) is 37.3 Å². The Morgan fingerprint density at radius 3 is 0.648 bits per heavy atom. The van der Waals surface area contributed by atoms with Crippen molar-refractivity contribution in [2.24, 2.45) is 0 Å². The minimum Gasteiger partial charge on any atom is -0.462 e. The Kier molecular flexibility index (Phi) is 65.2. The second kappa shape index (κ2) is 66.7. The Labute approximate surface area is 556 Å². The fraction of sp³-hybridized carbons (Fsp3) is 0.944. The number of rotatable bonds is 73. The second-order valence-electron chi connectivity index (χ2n) is 26.0. The molecule has 3 N–H and O–H groups in total. The van der Waals surface area contributed by atoms with Crippen LogP contribution in [0, 0.1) is 0 Å². The van der Waals surface area contributed by atoms with E-state index in [4.69, 9.17) is 37.0 Å². The van der Waals surface area contributed by atoms with Crippen LogP contribution in [0.3, 0.4) is 0 Å². The predicted molar refractivity (Wildman–Crippen MR) is 368 cm³/mol. The predicted octanol–water partition coefficient (Wildman–Crippen LogP) is 21.1. The van der Waals surface area contributed by atoms with Crippen molar-refractivity contribution in [2.45, 2.75) is 399 Å². The van der Waals surface area contributed by atoms with Crippen LogP contribution in [-0.4, -0.2) is 96.7 Å². The third-order valence-electron chi connectivity index (χ3n) is 16.9. The maximum atomic E-state index is 13.1. The summed E-state index contributed by atoms with van der Waals surface area (Å²) < 4.78 is 68.1. The van der Waals surface area contributed by atoms with Gasteiger partial charge in [-0.25, -0.2) is 9.13 Å². The average Bonchev–Trinajstić information content (AvgIpc) is 3.44. The number of hydrogen-bond donors (Lipinski definition) is 3. The monoisotopic (exact) mass is 1340 g/mol. The number of hydrogen-bond acceptors (Lipinski definition) is 15. The van der Waals surface area contributed by atoms with Gasteiger partial charge in [0.05, 0.1) is 26.4 Å². The molecular weight excluding hydrogens is 1200 g/mol. The molecule has 0 aliphatic rings. The highest BCUT2D eigenvalue weighted by molar-refractivity contribution is 7.47. The number of carbonyl (C=O) groups excluding carboxylic acids is 4. The molecule has 0 aliphatic heterocycles. The molecular formula is C72H140O17P2. The molecule has 91 heavy (non-hydrogen) atoms. The van der Waals surface area contributed by atoms with Gasteiger partial charge in [-0.05, 0) is 25.7 Å². The molecule has 0 radical (unpaired) electrons. The second-order valence-corrected chi connectivity index (χ2v) is 28.9. The molecule has 19 heteroatoms. The summed E-state index contributed by atoms with van der Waals surface area (Å²) in [7, 11) is -9.89. The van der Waals surface area contributed by atoms with E-state index in [-0.39, 0.29) is 25.7 Å². The number of phosphoric ester groups is 2. The highest BCUT2D eigenvalue weighted by Crippen LogP contribution is 2.45. The third-order valence-corrected chi connectivity index (χ3v) is 18.8. The third kappa shape index (κ3) is 66.5. The number of carbonyl (C=O) groups is 4. The average molecular weight is 1340 g/mol. The van der Waals surface area contributed by atoms with Gasteiger partial charge in [-0.2, -0.15) is 0 Å². The molecule has 540 valence electrons. The lowest BCUT2D eigenvalue weighted by molar-refractivity contribution is -0.161. The normalized spacial score (nSPS) is 14.0. The number of aliphatic hydroxyl groups is 1. The van der Waals surface area contributed by atoms with Crippen molar-refractivity contribution in [1.82, 2.24) is 0 Å². The van der Waals surface area contributed by atoms with E-state index in [1.165, 1.54) is 205 Å². The fourth-order valence-electron chi connectivity index (χ4n) is 11.0. The van der Waals surface area contributed by atoms with Crippen molar-refractivity contribution >= 4 is 39.5 Å². The zero-order valence-electron chi connectivity index (χ0n) is 58.8. The largest absolute Gasteiger partial charge is 0.472 e. The molecule has 0 fully saturated rings. The van der Waals surface area contributed by atoms with Crippen LogP contribution < -0.4 is 0 Å². The van der Waals surface area contributed by atoms with Crippen molar-refractivity contribution in [3.05, 3.63) is 0 Å². The molecule has 0 bridgehead atoms. The van der Waals surface area contributed by atoms with Crippen LogP contribution in [0.25, 0.3) is 0 Å². The first-order chi connectivity index (χ1) is 44.2. The minimum absolute atomic E-state index is 0.106. The SMILES string of the molecule is CCCCCCCCCCCCCCCCCCCCCCC(=O)O[C@H](COC(=O)CCCCCCCCCCCCCCCCCC)COP(=O)(O)OC[C@@H](O)COP(=O)(O)OC[C@@H](COC(=O)CCCCCCC)OC(=O)CCCCCCCCCCCC. The Morgan fingerprint density at radius 2 is 0.440 bits per heavy atom. The molecule has 0 rings (SSSR count). The Bertz CT molecular complexity index is 1740. The zero-order chi connectivity index (χ0) is 66.8. The first-order valence-corrected chi connectivity index (χ1v) is 40.8. The van der Waals surface area contributed by atoms with Crippen LogP contribution in [0.15, 0.2) is 0 Å². The molecule has 2 unspecified atom stereocenters. The number of esters is 4. The first kappa shape index (κ1) is 89.1.